The fraction of sp³-hybridized carbons (Fsp3) is 0.100. The van der Waals surface area contributed by atoms with Gasteiger partial charge < -0.3 is 14.6 Å². The molecule has 12 heteroatoms. The zero-order chi connectivity index (χ0) is 23.3. The Kier molecular flexibility index (Phi) is 7.99. The Morgan fingerprint density at radius 2 is 2.00 bits per heavy atom. The maximum Gasteiger partial charge on any atom is 0.271 e. The second kappa shape index (κ2) is 10.7. The van der Waals surface area contributed by atoms with Gasteiger partial charge in [-0.3, -0.25) is 4.79 Å². The molecular formula is C20H14Br2ClFN4O4. The van der Waals surface area contributed by atoms with E-state index in [0.717, 1.165) is 6.20 Å². The highest BCUT2D eigenvalue weighted by Gasteiger charge is 2.14. The number of hydrazone groups is 1. The number of carbonyl (C=O) groups excluding carboxylic acids is 1. The number of phenols is 1. The first-order valence-electron chi connectivity index (χ1n) is 8.92. The Labute approximate surface area is 203 Å². The van der Waals surface area contributed by atoms with Gasteiger partial charge in [-0.25, -0.2) is 10.4 Å². The zero-order valence-electron chi connectivity index (χ0n) is 16.3. The summed E-state index contributed by atoms with van der Waals surface area (Å²) in [4.78, 5) is 19.5. The van der Waals surface area contributed by atoms with Crippen LogP contribution in [0.15, 0.2) is 50.6 Å². The normalized spacial score (nSPS) is 10.9. The quantitative estimate of drug-likeness (QED) is 0.216. The number of aromatic nitrogens is 2. The maximum atomic E-state index is 13.9. The molecule has 0 aliphatic heterocycles. The van der Waals surface area contributed by atoms with Gasteiger partial charge in [0.15, 0.2) is 11.5 Å². The van der Waals surface area contributed by atoms with E-state index in [4.69, 9.17) is 21.1 Å². The molecule has 0 aliphatic rings. The molecule has 3 aromatic rings. The Morgan fingerprint density at radius 3 is 2.69 bits per heavy atom. The van der Waals surface area contributed by atoms with Crippen molar-refractivity contribution in [2.45, 2.75) is 6.92 Å². The van der Waals surface area contributed by atoms with Crippen LogP contribution in [0.3, 0.4) is 0 Å². The molecule has 3 rings (SSSR count). The van der Waals surface area contributed by atoms with Gasteiger partial charge in [0, 0.05) is 5.56 Å². The van der Waals surface area contributed by atoms with Crippen molar-refractivity contribution in [2.75, 3.05) is 6.61 Å². The van der Waals surface area contributed by atoms with E-state index < -0.39 is 11.7 Å². The Morgan fingerprint density at radius 1 is 1.28 bits per heavy atom. The van der Waals surface area contributed by atoms with Crippen LogP contribution in [0.1, 0.15) is 22.8 Å². The van der Waals surface area contributed by atoms with Gasteiger partial charge in [-0.05, 0) is 86.3 Å². The van der Waals surface area contributed by atoms with Gasteiger partial charge in [-0.15, -0.1) is 0 Å². The first kappa shape index (κ1) is 23.9. The van der Waals surface area contributed by atoms with Crippen molar-refractivity contribution >= 4 is 55.6 Å². The van der Waals surface area contributed by atoms with E-state index in [-0.39, 0.29) is 28.2 Å². The summed E-state index contributed by atoms with van der Waals surface area (Å²) >= 11 is 12.0. The number of nitrogens with one attached hydrogen (secondary N) is 1. The summed E-state index contributed by atoms with van der Waals surface area (Å²) in [5, 5.41) is 13.5. The van der Waals surface area contributed by atoms with Gasteiger partial charge in [0.2, 0.25) is 11.1 Å². The molecule has 166 valence electrons. The predicted octanol–water partition coefficient (Wildman–Crippen LogP) is 5.45. The average Bonchev–Trinajstić information content (AvgIpc) is 2.76. The number of carbonyl (C=O) groups is 1. The van der Waals surface area contributed by atoms with Gasteiger partial charge >= 0.3 is 0 Å². The van der Waals surface area contributed by atoms with Crippen LogP contribution in [-0.4, -0.2) is 33.8 Å². The van der Waals surface area contributed by atoms with Crippen LogP contribution in [0.4, 0.5) is 4.39 Å². The summed E-state index contributed by atoms with van der Waals surface area (Å²) in [6.45, 7) is 2.10. The van der Waals surface area contributed by atoms with E-state index in [9.17, 15) is 14.3 Å². The lowest BCUT2D eigenvalue weighted by Crippen LogP contribution is -2.17. The molecule has 0 fully saturated rings. The molecule has 2 N–H and O–H groups in total. The summed E-state index contributed by atoms with van der Waals surface area (Å²) < 4.78 is 25.6. The van der Waals surface area contributed by atoms with Gasteiger partial charge in [-0.1, -0.05) is 0 Å². The number of phenolic OH excluding ortho intramolecular Hbond substituents is 1. The zero-order valence-corrected chi connectivity index (χ0v) is 20.2. The van der Waals surface area contributed by atoms with Crippen molar-refractivity contribution < 1.29 is 23.8 Å². The third kappa shape index (κ3) is 5.93. The molecule has 8 nitrogen and oxygen atoms in total. The van der Waals surface area contributed by atoms with Crippen molar-refractivity contribution in [2.24, 2.45) is 5.10 Å². The monoisotopic (exact) mass is 586 g/mol. The second-order valence-corrected chi connectivity index (χ2v) is 8.07. The second-order valence-electron chi connectivity index (χ2n) is 6.02. The van der Waals surface area contributed by atoms with E-state index in [1.165, 1.54) is 24.4 Å². The number of nitrogens with zero attached hydrogens (tertiary/aromatic N) is 3. The fourth-order valence-corrected chi connectivity index (χ4v) is 3.70. The molecule has 1 aromatic heterocycles. The standard InChI is InChI=1S/C20H14Br2ClFN4O4/c1-2-31-16-5-10(3-4-15(16)32-19-14(24)9-25-20(23)27-19)8-26-28-18(30)11-6-12(21)17(29)13(22)7-11/h3-9,29H,2H2,1H3,(H,28,30)/b26-8+. The highest BCUT2D eigenvalue weighted by molar-refractivity contribution is 9.11. The third-order valence-electron chi connectivity index (χ3n) is 3.82. The van der Waals surface area contributed by atoms with Gasteiger partial charge in [-0.2, -0.15) is 14.5 Å². The average molecular weight is 589 g/mol. The third-order valence-corrected chi connectivity index (χ3v) is 5.21. The first-order valence-corrected chi connectivity index (χ1v) is 10.9. The minimum absolute atomic E-state index is 0.0140. The number of hydrogen-bond donors (Lipinski definition) is 2. The summed E-state index contributed by atoms with van der Waals surface area (Å²) in [6.07, 6.45) is 2.30. The van der Waals surface area contributed by atoms with E-state index in [0.29, 0.717) is 26.9 Å². The number of hydrogen-bond acceptors (Lipinski definition) is 7. The van der Waals surface area contributed by atoms with Crippen LogP contribution >= 0.6 is 43.5 Å². The van der Waals surface area contributed by atoms with Crippen molar-refractivity contribution in [3.63, 3.8) is 0 Å². The van der Waals surface area contributed by atoms with Gasteiger partial charge in [0.05, 0.1) is 28.0 Å². The van der Waals surface area contributed by atoms with Crippen molar-refractivity contribution in [1.29, 1.82) is 0 Å². The Bertz CT molecular complexity index is 1170. The molecule has 32 heavy (non-hydrogen) atoms. The minimum atomic E-state index is -0.780. The van der Waals surface area contributed by atoms with Crippen LogP contribution in [0.25, 0.3) is 0 Å². The number of halogens is 4. The number of benzene rings is 2. The maximum absolute atomic E-state index is 13.9. The molecule has 0 aliphatic carbocycles. The van der Waals surface area contributed by atoms with Crippen LogP contribution < -0.4 is 14.9 Å². The lowest BCUT2D eigenvalue weighted by atomic mass is 10.2. The van der Waals surface area contributed by atoms with E-state index >= 15 is 0 Å². The number of ether oxygens (including phenoxy) is 2. The lowest BCUT2D eigenvalue weighted by molar-refractivity contribution is 0.0955. The molecule has 2 aromatic carbocycles. The van der Waals surface area contributed by atoms with E-state index in [2.05, 4.69) is 52.4 Å². The van der Waals surface area contributed by atoms with Crippen LogP contribution in [0, 0.1) is 5.82 Å². The fourth-order valence-electron chi connectivity index (χ4n) is 2.39. The molecule has 0 saturated carbocycles. The summed E-state index contributed by atoms with van der Waals surface area (Å²) in [6, 6.07) is 7.69. The minimum Gasteiger partial charge on any atom is -0.506 e. The molecule has 0 radical (unpaired) electrons. The predicted molar refractivity (Wildman–Crippen MR) is 123 cm³/mol. The van der Waals surface area contributed by atoms with Crippen molar-refractivity contribution in [3.05, 3.63) is 67.7 Å². The number of rotatable bonds is 7. The van der Waals surface area contributed by atoms with Crippen molar-refractivity contribution in [3.8, 4) is 23.1 Å². The van der Waals surface area contributed by atoms with Gasteiger partial charge in [0.25, 0.3) is 11.8 Å². The Balaban J connectivity index is 1.75. The highest BCUT2D eigenvalue weighted by Crippen LogP contribution is 2.34. The number of amides is 1. The smallest absolute Gasteiger partial charge is 0.271 e. The van der Waals surface area contributed by atoms with Crippen LogP contribution in [0.5, 0.6) is 23.1 Å². The topological polar surface area (TPSA) is 106 Å². The molecule has 0 saturated heterocycles. The van der Waals surface area contributed by atoms with Crippen molar-refractivity contribution in [1.82, 2.24) is 15.4 Å². The SMILES string of the molecule is CCOc1cc(/C=N/NC(=O)c2cc(Br)c(O)c(Br)c2)ccc1Oc1nc(Cl)ncc1F. The number of aromatic hydroxyl groups is 1. The molecule has 0 bridgehead atoms. The molecular weight excluding hydrogens is 575 g/mol. The molecule has 0 unspecified atom stereocenters. The highest BCUT2D eigenvalue weighted by atomic mass is 79.9. The first-order chi connectivity index (χ1) is 15.3. The lowest BCUT2D eigenvalue weighted by Gasteiger charge is -2.12. The van der Waals surface area contributed by atoms with Gasteiger partial charge in [0.1, 0.15) is 5.75 Å². The van der Waals surface area contributed by atoms with Crippen LogP contribution in [-0.2, 0) is 0 Å². The molecule has 0 atom stereocenters. The molecule has 0 spiro atoms. The summed E-state index contributed by atoms with van der Waals surface area (Å²) in [5.41, 5.74) is 3.25. The summed E-state index contributed by atoms with van der Waals surface area (Å²) in [7, 11) is 0. The molecule has 1 heterocycles. The molecule has 1 amide bonds. The summed E-state index contributed by atoms with van der Waals surface area (Å²) in [5.74, 6) is -1.10. The van der Waals surface area contributed by atoms with E-state index in [1.54, 1.807) is 19.1 Å². The Hall–Kier alpha value is -2.76. The largest absolute Gasteiger partial charge is 0.506 e. The van der Waals surface area contributed by atoms with Crippen LogP contribution in [0.2, 0.25) is 5.28 Å². The van der Waals surface area contributed by atoms with E-state index in [1.807, 2.05) is 0 Å².